The second-order valence-electron chi connectivity index (χ2n) is 2.19. The molecule has 0 radical (unpaired) electrons. The van der Waals surface area contributed by atoms with Gasteiger partial charge in [-0.25, -0.2) is 0 Å². The maximum atomic E-state index is 10.6. The summed E-state index contributed by atoms with van der Waals surface area (Å²) in [5.74, 6) is 0. The van der Waals surface area contributed by atoms with Crippen molar-refractivity contribution in [2.45, 2.75) is 31.4 Å². The zero-order valence-electron chi connectivity index (χ0n) is 5.02. The van der Waals surface area contributed by atoms with Crippen LogP contribution >= 0.6 is 11.8 Å². The first kappa shape index (κ1) is 6.14. The fraction of sp³-hybridized carbons (Fsp3) is 0.833. The fourth-order valence-electron chi connectivity index (χ4n) is 0.876. The van der Waals surface area contributed by atoms with Crippen molar-refractivity contribution < 1.29 is 4.79 Å². The molecule has 0 bridgehead atoms. The molecule has 1 unspecified atom stereocenters. The van der Waals surface area contributed by atoms with E-state index in [4.69, 9.17) is 0 Å². The molecule has 46 valence electrons. The van der Waals surface area contributed by atoms with Crippen molar-refractivity contribution in [1.29, 1.82) is 0 Å². The summed E-state index contributed by atoms with van der Waals surface area (Å²) in [5, 5.41) is 0.958. The summed E-state index contributed by atoms with van der Waals surface area (Å²) < 4.78 is 0. The number of carbonyl (C=O) groups excluding carboxylic acids is 1. The Morgan fingerprint density at radius 2 is 2.50 bits per heavy atom. The van der Waals surface area contributed by atoms with Gasteiger partial charge in [-0.15, -0.1) is 0 Å². The second-order valence-corrected chi connectivity index (χ2v) is 3.69. The molecule has 0 aliphatic carbocycles. The van der Waals surface area contributed by atoms with E-state index >= 15 is 0 Å². The molecule has 1 rings (SSSR count). The Morgan fingerprint density at radius 1 is 1.75 bits per heavy atom. The van der Waals surface area contributed by atoms with Gasteiger partial charge < -0.3 is 0 Å². The molecule has 1 fully saturated rings. The lowest BCUT2D eigenvalue weighted by Gasteiger charge is -2.14. The van der Waals surface area contributed by atoms with Crippen molar-refractivity contribution in [2.24, 2.45) is 0 Å². The SMILES string of the molecule is CC1CCCC(=O)S1. The molecule has 1 aliphatic rings. The van der Waals surface area contributed by atoms with Crippen LogP contribution in [0.1, 0.15) is 26.2 Å². The van der Waals surface area contributed by atoms with Crippen LogP contribution in [0.2, 0.25) is 0 Å². The lowest BCUT2D eigenvalue weighted by molar-refractivity contribution is -0.111. The van der Waals surface area contributed by atoms with Gasteiger partial charge in [0.25, 0.3) is 0 Å². The topological polar surface area (TPSA) is 17.1 Å². The van der Waals surface area contributed by atoms with Crippen molar-refractivity contribution in [3.63, 3.8) is 0 Å². The van der Waals surface area contributed by atoms with E-state index in [2.05, 4.69) is 6.92 Å². The van der Waals surface area contributed by atoms with Crippen molar-refractivity contribution in [1.82, 2.24) is 0 Å². The summed E-state index contributed by atoms with van der Waals surface area (Å²) in [6.45, 7) is 2.11. The molecule has 0 amide bonds. The minimum absolute atomic E-state index is 0.378. The Bertz CT molecular complexity index is 101. The van der Waals surface area contributed by atoms with Gasteiger partial charge in [0.15, 0.2) is 5.12 Å². The first-order valence-electron chi connectivity index (χ1n) is 2.98. The highest BCUT2D eigenvalue weighted by Crippen LogP contribution is 2.25. The molecule has 0 spiro atoms. The molecule has 2 heteroatoms. The highest BCUT2D eigenvalue weighted by atomic mass is 32.2. The van der Waals surface area contributed by atoms with Gasteiger partial charge >= 0.3 is 0 Å². The number of hydrogen-bond donors (Lipinski definition) is 0. The van der Waals surface area contributed by atoms with Gasteiger partial charge in [0.2, 0.25) is 0 Å². The van der Waals surface area contributed by atoms with Crippen molar-refractivity contribution in [3.8, 4) is 0 Å². The van der Waals surface area contributed by atoms with Crippen LogP contribution in [0.3, 0.4) is 0 Å². The fourth-order valence-corrected chi connectivity index (χ4v) is 1.87. The zero-order chi connectivity index (χ0) is 5.98. The van der Waals surface area contributed by atoms with E-state index < -0.39 is 0 Å². The molecule has 0 aromatic rings. The number of carbonyl (C=O) groups is 1. The molecule has 1 aliphatic heterocycles. The van der Waals surface area contributed by atoms with E-state index in [1.165, 1.54) is 18.2 Å². The smallest absolute Gasteiger partial charge is 0.189 e. The highest BCUT2D eigenvalue weighted by molar-refractivity contribution is 8.14. The predicted octanol–water partition coefficient (Wildman–Crippen LogP) is 1.82. The summed E-state index contributed by atoms with van der Waals surface area (Å²) in [4.78, 5) is 10.6. The van der Waals surface area contributed by atoms with Crippen LogP contribution in [0.5, 0.6) is 0 Å². The van der Waals surface area contributed by atoms with Crippen LogP contribution in [0, 0.1) is 0 Å². The Morgan fingerprint density at radius 3 is 2.88 bits per heavy atom. The quantitative estimate of drug-likeness (QED) is 0.497. The number of thioether (sulfide) groups is 1. The minimum Gasteiger partial charge on any atom is -0.287 e. The molecular formula is C6H10OS. The standard InChI is InChI=1S/C6H10OS/c1-5-3-2-4-6(7)8-5/h5H,2-4H2,1H3. The van der Waals surface area contributed by atoms with Gasteiger partial charge in [-0.05, 0) is 12.8 Å². The third-order valence-corrected chi connectivity index (χ3v) is 2.43. The van der Waals surface area contributed by atoms with Gasteiger partial charge in [0, 0.05) is 11.7 Å². The highest BCUT2D eigenvalue weighted by Gasteiger charge is 2.14. The largest absolute Gasteiger partial charge is 0.287 e. The summed E-state index contributed by atoms with van der Waals surface area (Å²) >= 11 is 1.50. The molecular weight excluding hydrogens is 120 g/mol. The van der Waals surface area contributed by atoms with Gasteiger partial charge in [-0.1, -0.05) is 18.7 Å². The van der Waals surface area contributed by atoms with Crippen molar-refractivity contribution in [2.75, 3.05) is 0 Å². The maximum Gasteiger partial charge on any atom is 0.189 e. The third kappa shape index (κ3) is 1.51. The van der Waals surface area contributed by atoms with Crippen LogP contribution in [0.15, 0.2) is 0 Å². The lowest BCUT2D eigenvalue weighted by Crippen LogP contribution is -2.08. The Balaban J connectivity index is 2.34. The normalized spacial score (nSPS) is 30.6. The Labute approximate surface area is 53.8 Å². The molecule has 1 heterocycles. The molecule has 0 aromatic carbocycles. The van der Waals surface area contributed by atoms with E-state index in [9.17, 15) is 4.79 Å². The van der Waals surface area contributed by atoms with E-state index in [0.717, 1.165) is 12.8 Å². The summed E-state index contributed by atoms with van der Waals surface area (Å²) in [7, 11) is 0. The van der Waals surface area contributed by atoms with E-state index in [1.807, 2.05) is 0 Å². The number of rotatable bonds is 0. The molecule has 0 N–H and O–H groups in total. The number of hydrogen-bond acceptors (Lipinski definition) is 2. The van der Waals surface area contributed by atoms with Crippen molar-refractivity contribution >= 4 is 16.9 Å². The van der Waals surface area contributed by atoms with Crippen LogP contribution in [-0.4, -0.2) is 10.4 Å². The monoisotopic (exact) mass is 130 g/mol. The lowest BCUT2D eigenvalue weighted by atomic mass is 10.2. The van der Waals surface area contributed by atoms with Crippen LogP contribution in [-0.2, 0) is 4.79 Å². The first-order valence-corrected chi connectivity index (χ1v) is 3.86. The zero-order valence-corrected chi connectivity index (χ0v) is 5.83. The van der Waals surface area contributed by atoms with Gasteiger partial charge in [-0.3, -0.25) is 4.79 Å². The van der Waals surface area contributed by atoms with Crippen molar-refractivity contribution in [3.05, 3.63) is 0 Å². The van der Waals surface area contributed by atoms with Gasteiger partial charge in [-0.2, -0.15) is 0 Å². The van der Waals surface area contributed by atoms with Crippen LogP contribution in [0.25, 0.3) is 0 Å². The van der Waals surface area contributed by atoms with E-state index in [0.29, 0.717) is 10.4 Å². The second kappa shape index (κ2) is 2.53. The minimum atomic E-state index is 0.378. The molecule has 0 saturated carbocycles. The van der Waals surface area contributed by atoms with Crippen LogP contribution < -0.4 is 0 Å². The average Bonchev–Trinajstić information content (AvgIpc) is 1.64. The third-order valence-electron chi connectivity index (χ3n) is 1.32. The van der Waals surface area contributed by atoms with Gasteiger partial charge in [0.05, 0.1) is 0 Å². The first-order chi connectivity index (χ1) is 3.79. The summed E-state index contributed by atoms with van der Waals surface area (Å²) in [6, 6.07) is 0. The molecule has 1 saturated heterocycles. The molecule has 1 nitrogen and oxygen atoms in total. The molecule has 8 heavy (non-hydrogen) atoms. The molecule has 1 atom stereocenters. The Kier molecular flexibility index (Phi) is 1.95. The maximum absolute atomic E-state index is 10.6. The summed E-state index contributed by atoms with van der Waals surface area (Å²) in [5.41, 5.74) is 0. The van der Waals surface area contributed by atoms with Crippen LogP contribution in [0.4, 0.5) is 0 Å². The van der Waals surface area contributed by atoms with E-state index in [-0.39, 0.29) is 0 Å². The summed E-state index contributed by atoms with van der Waals surface area (Å²) in [6.07, 6.45) is 3.12. The molecule has 0 aromatic heterocycles. The Hall–Kier alpha value is 0.0200. The predicted molar refractivity (Wildman–Crippen MR) is 35.9 cm³/mol. The van der Waals surface area contributed by atoms with E-state index in [1.54, 1.807) is 0 Å². The average molecular weight is 130 g/mol. The van der Waals surface area contributed by atoms with Gasteiger partial charge in [0.1, 0.15) is 0 Å².